The second-order valence-corrected chi connectivity index (χ2v) is 7.13. The van der Waals surface area contributed by atoms with Gasteiger partial charge >= 0.3 is 0 Å². The molecule has 2 aliphatic carbocycles. The molecular formula is C15H26O. The quantitative estimate of drug-likeness (QED) is 0.669. The molecule has 0 amide bonds. The monoisotopic (exact) mass is 222 g/mol. The molecule has 0 aromatic carbocycles. The predicted molar refractivity (Wildman–Crippen MR) is 68.2 cm³/mol. The van der Waals surface area contributed by atoms with Crippen molar-refractivity contribution in [2.75, 3.05) is 6.61 Å². The van der Waals surface area contributed by atoms with Gasteiger partial charge in [-0.2, -0.15) is 0 Å². The van der Waals surface area contributed by atoms with Crippen LogP contribution in [0.4, 0.5) is 0 Å². The van der Waals surface area contributed by atoms with Crippen LogP contribution in [0.25, 0.3) is 0 Å². The van der Waals surface area contributed by atoms with Crippen molar-refractivity contribution < 1.29 is 5.11 Å². The van der Waals surface area contributed by atoms with Gasteiger partial charge in [0.2, 0.25) is 0 Å². The van der Waals surface area contributed by atoms with Crippen molar-refractivity contribution in [3.8, 4) is 0 Å². The van der Waals surface area contributed by atoms with E-state index in [1.165, 1.54) is 12.8 Å². The fourth-order valence-corrected chi connectivity index (χ4v) is 4.34. The molecule has 0 aliphatic heterocycles. The topological polar surface area (TPSA) is 20.2 Å². The van der Waals surface area contributed by atoms with E-state index >= 15 is 0 Å². The number of allylic oxidation sites excluding steroid dienone is 2. The SMILES string of the molecule is CC1=C2CC(CO)C(C)(C)C2C(C)(C)CC1. The molecule has 2 unspecified atom stereocenters. The first kappa shape index (κ1) is 12.2. The summed E-state index contributed by atoms with van der Waals surface area (Å²) >= 11 is 0. The van der Waals surface area contributed by atoms with E-state index < -0.39 is 0 Å². The Balaban J connectivity index is 2.47. The molecule has 2 atom stereocenters. The highest BCUT2D eigenvalue weighted by Crippen LogP contribution is 2.61. The van der Waals surface area contributed by atoms with Crippen LogP contribution in [0.2, 0.25) is 0 Å². The lowest BCUT2D eigenvalue weighted by Crippen LogP contribution is -2.38. The Kier molecular flexibility index (Phi) is 2.73. The third-order valence-electron chi connectivity index (χ3n) is 5.31. The second kappa shape index (κ2) is 3.60. The van der Waals surface area contributed by atoms with Crippen LogP contribution >= 0.6 is 0 Å². The lowest BCUT2D eigenvalue weighted by atomic mass is 9.59. The minimum absolute atomic E-state index is 0.259. The molecule has 92 valence electrons. The van der Waals surface area contributed by atoms with Gasteiger partial charge in [0.15, 0.2) is 0 Å². The predicted octanol–water partition coefficient (Wildman–Crippen LogP) is 3.78. The molecular weight excluding hydrogens is 196 g/mol. The average molecular weight is 222 g/mol. The number of aliphatic hydroxyl groups is 1. The van der Waals surface area contributed by atoms with Crippen LogP contribution in [-0.4, -0.2) is 11.7 Å². The molecule has 1 N–H and O–H groups in total. The van der Waals surface area contributed by atoms with Gasteiger partial charge in [0.1, 0.15) is 0 Å². The van der Waals surface area contributed by atoms with Crippen LogP contribution in [0.3, 0.4) is 0 Å². The summed E-state index contributed by atoms with van der Waals surface area (Å²) in [7, 11) is 0. The van der Waals surface area contributed by atoms with E-state index in [-0.39, 0.29) is 5.41 Å². The third kappa shape index (κ3) is 1.55. The maximum Gasteiger partial charge on any atom is 0.0467 e. The Hall–Kier alpha value is -0.300. The molecule has 16 heavy (non-hydrogen) atoms. The van der Waals surface area contributed by atoms with E-state index in [1.54, 1.807) is 11.1 Å². The van der Waals surface area contributed by atoms with Crippen LogP contribution in [-0.2, 0) is 0 Å². The van der Waals surface area contributed by atoms with E-state index in [0.717, 1.165) is 6.42 Å². The van der Waals surface area contributed by atoms with E-state index in [0.29, 0.717) is 23.9 Å². The zero-order chi connectivity index (χ0) is 12.1. The fourth-order valence-electron chi connectivity index (χ4n) is 4.34. The Morgan fingerprint density at radius 3 is 2.38 bits per heavy atom. The van der Waals surface area contributed by atoms with Crippen LogP contribution in [0, 0.1) is 22.7 Å². The van der Waals surface area contributed by atoms with Gasteiger partial charge < -0.3 is 5.11 Å². The number of rotatable bonds is 1. The second-order valence-electron chi connectivity index (χ2n) is 7.13. The first-order chi connectivity index (χ1) is 7.30. The fraction of sp³-hybridized carbons (Fsp3) is 0.867. The van der Waals surface area contributed by atoms with Crippen LogP contribution < -0.4 is 0 Å². The van der Waals surface area contributed by atoms with Gasteiger partial charge in [-0.25, -0.2) is 0 Å². The first-order valence-corrected chi connectivity index (χ1v) is 6.60. The minimum atomic E-state index is 0.259. The summed E-state index contributed by atoms with van der Waals surface area (Å²) in [6.07, 6.45) is 3.69. The van der Waals surface area contributed by atoms with Crippen molar-refractivity contribution in [1.82, 2.24) is 0 Å². The highest BCUT2D eigenvalue weighted by Gasteiger charge is 2.53. The van der Waals surface area contributed by atoms with Crippen molar-refractivity contribution in [2.24, 2.45) is 22.7 Å². The number of hydrogen-bond donors (Lipinski definition) is 1. The molecule has 0 saturated heterocycles. The highest BCUT2D eigenvalue weighted by molar-refractivity contribution is 5.29. The van der Waals surface area contributed by atoms with E-state index in [1.807, 2.05) is 0 Å². The van der Waals surface area contributed by atoms with E-state index in [4.69, 9.17) is 0 Å². The standard InChI is InChI=1S/C15H26O/c1-10-6-7-14(2,3)13-12(10)8-11(9-16)15(13,4)5/h11,13,16H,6-9H2,1-5H3. The molecule has 0 aromatic heterocycles. The maximum absolute atomic E-state index is 9.58. The van der Waals surface area contributed by atoms with Crippen LogP contribution in [0.1, 0.15) is 53.9 Å². The molecule has 1 saturated carbocycles. The van der Waals surface area contributed by atoms with Crippen molar-refractivity contribution in [3.63, 3.8) is 0 Å². The molecule has 2 rings (SSSR count). The van der Waals surface area contributed by atoms with Gasteiger partial charge in [-0.3, -0.25) is 0 Å². The lowest BCUT2D eigenvalue weighted by Gasteiger charge is -2.45. The van der Waals surface area contributed by atoms with Gasteiger partial charge in [0.25, 0.3) is 0 Å². The van der Waals surface area contributed by atoms with Gasteiger partial charge in [-0.05, 0) is 48.9 Å². The summed E-state index contributed by atoms with van der Waals surface area (Å²) in [5, 5.41) is 9.58. The smallest absolute Gasteiger partial charge is 0.0467 e. The molecule has 1 heteroatoms. The molecule has 0 radical (unpaired) electrons. The summed E-state index contributed by atoms with van der Waals surface area (Å²) in [6.45, 7) is 12.2. The molecule has 0 spiro atoms. The summed E-state index contributed by atoms with van der Waals surface area (Å²) in [5.74, 6) is 1.13. The van der Waals surface area contributed by atoms with Crippen molar-refractivity contribution >= 4 is 0 Å². The summed E-state index contributed by atoms with van der Waals surface area (Å²) in [6, 6.07) is 0. The van der Waals surface area contributed by atoms with Gasteiger partial charge in [0.05, 0.1) is 0 Å². The Bertz CT molecular complexity index is 322. The van der Waals surface area contributed by atoms with Crippen LogP contribution in [0.15, 0.2) is 11.1 Å². The summed E-state index contributed by atoms with van der Waals surface area (Å²) < 4.78 is 0. The van der Waals surface area contributed by atoms with Gasteiger partial charge in [0, 0.05) is 6.61 Å². The minimum Gasteiger partial charge on any atom is -0.396 e. The largest absolute Gasteiger partial charge is 0.396 e. The Labute approximate surface area is 99.9 Å². The van der Waals surface area contributed by atoms with Crippen molar-refractivity contribution in [2.45, 2.75) is 53.9 Å². The zero-order valence-corrected chi connectivity index (χ0v) is 11.4. The normalized spacial score (nSPS) is 36.4. The highest BCUT2D eigenvalue weighted by atomic mass is 16.3. The summed E-state index contributed by atoms with van der Waals surface area (Å²) in [4.78, 5) is 0. The van der Waals surface area contributed by atoms with Crippen molar-refractivity contribution in [3.05, 3.63) is 11.1 Å². The van der Waals surface area contributed by atoms with Crippen LogP contribution in [0.5, 0.6) is 0 Å². The molecule has 0 bridgehead atoms. The first-order valence-electron chi connectivity index (χ1n) is 6.60. The van der Waals surface area contributed by atoms with E-state index in [9.17, 15) is 5.11 Å². The maximum atomic E-state index is 9.58. The average Bonchev–Trinajstić information content (AvgIpc) is 2.45. The summed E-state index contributed by atoms with van der Waals surface area (Å²) in [5.41, 5.74) is 3.94. The van der Waals surface area contributed by atoms with Gasteiger partial charge in [-0.15, -0.1) is 0 Å². The van der Waals surface area contributed by atoms with E-state index in [2.05, 4.69) is 34.6 Å². The number of hydrogen-bond acceptors (Lipinski definition) is 1. The van der Waals surface area contributed by atoms with Crippen molar-refractivity contribution in [1.29, 1.82) is 0 Å². The lowest BCUT2D eigenvalue weighted by molar-refractivity contribution is 0.0517. The number of fused-ring (bicyclic) bond motifs is 1. The Morgan fingerprint density at radius 2 is 1.88 bits per heavy atom. The third-order valence-corrected chi connectivity index (χ3v) is 5.31. The zero-order valence-electron chi connectivity index (χ0n) is 11.4. The molecule has 0 heterocycles. The molecule has 0 aromatic rings. The Morgan fingerprint density at radius 1 is 1.25 bits per heavy atom. The number of aliphatic hydroxyl groups excluding tert-OH is 1. The molecule has 2 aliphatic rings. The van der Waals surface area contributed by atoms with Gasteiger partial charge in [-0.1, -0.05) is 38.8 Å². The molecule has 1 nitrogen and oxygen atoms in total. The molecule has 1 fully saturated rings.